The lowest BCUT2D eigenvalue weighted by atomic mass is 9.85. The molecule has 0 radical (unpaired) electrons. The normalized spacial score (nSPS) is 16.8. The number of carbonyl (C=O) groups is 1. The lowest BCUT2D eigenvalue weighted by Crippen LogP contribution is -2.31. The lowest BCUT2D eigenvalue weighted by Gasteiger charge is -2.29. The molecule has 0 aromatic heterocycles. The van der Waals surface area contributed by atoms with E-state index >= 15 is 0 Å². The molecule has 1 unspecified atom stereocenters. The maximum Gasteiger partial charge on any atom is 0.313 e. The van der Waals surface area contributed by atoms with Crippen molar-refractivity contribution in [2.75, 3.05) is 19.8 Å². The zero-order chi connectivity index (χ0) is 13.8. The predicted octanol–water partition coefficient (Wildman–Crippen LogP) is 2.99. The monoisotopic (exact) mass is 262 g/mol. The van der Waals surface area contributed by atoms with E-state index in [9.17, 15) is 4.79 Å². The van der Waals surface area contributed by atoms with Crippen LogP contribution >= 0.6 is 0 Å². The van der Waals surface area contributed by atoms with Crippen molar-refractivity contribution in [2.45, 2.75) is 33.1 Å². The molecule has 3 heteroatoms. The van der Waals surface area contributed by atoms with Crippen LogP contribution in [0.1, 0.15) is 36.0 Å². The van der Waals surface area contributed by atoms with E-state index in [-0.39, 0.29) is 11.9 Å². The molecular formula is C16H22O3. The fourth-order valence-corrected chi connectivity index (χ4v) is 2.48. The van der Waals surface area contributed by atoms with E-state index in [0.717, 1.165) is 30.8 Å². The van der Waals surface area contributed by atoms with E-state index < -0.39 is 0 Å². The third-order valence-corrected chi connectivity index (χ3v) is 3.66. The Labute approximate surface area is 114 Å². The van der Waals surface area contributed by atoms with Gasteiger partial charge in [-0.05, 0) is 38.3 Å². The third kappa shape index (κ3) is 3.35. The Kier molecular flexibility index (Phi) is 4.59. The van der Waals surface area contributed by atoms with Crippen LogP contribution in [0.2, 0.25) is 0 Å². The Morgan fingerprint density at radius 1 is 1.42 bits per heavy atom. The highest BCUT2D eigenvalue weighted by atomic mass is 16.5. The van der Waals surface area contributed by atoms with Gasteiger partial charge in [0.25, 0.3) is 0 Å². The molecule has 0 saturated carbocycles. The molecule has 0 spiro atoms. The molecule has 104 valence electrons. The molecule has 1 aliphatic rings. The average molecular weight is 262 g/mol. The van der Waals surface area contributed by atoms with Gasteiger partial charge in [-0.3, -0.25) is 4.79 Å². The summed E-state index contributed by atoms with van der Waals surface area (Å²) in [4.78, 5) is 12.2. The fourth-order valence-electron chi connectivity index (χ4n) is 2.48. The van der Waals surface area contributed by atoms with Gasteiger partial charge in [-0.15, -0.1) is 0 Å². The van der Waals surface area contributed by atoms with Crippen LogP contribution in [0.25, 0.3) is 0 Å². The third-order valence-electron chi connectivity index (χ3n) is 3.66. The van der Waals surface area contributed by atoms with Gasteiger partial charge in [-0.25, -0.2) is 0 Å². The van der Waals surface area contributed by atoms with E-state index in [0.29, 0.717) is 12.5 Å². The first-order valence-electron chi connectivity index (χ1n) is 6.93. The number of benzene rings is 1. The van der Waals surface area contributed by atoms with E-state index in [4.69, 9.17) is 9.47 Å². The molecule has 1 aliphatic heterocycles. The van der Waals surface area contributed by atoms with Crippen LogP contribution < -0.4 is 0 Å². The Hall–Kier alpha value is -1.35. The molecule has 3 nitrogen and oxygen atoms in total. The van der Waals surface area contributed by atoms with Crippen LogP contribution in [0, 0.1) is 19.8 Å². The molecule has 0 N–H and O–H groups in total. The van der Waals surface area contributed by atoms with Crippen molar-refractivity contribution >= 4 is 5.97 Å². The average Bonchev–Trinajstić information content (AvgIpc) is 2.32. The summed E-state index contributed by atoms with van der Waals surface area (Å²) in [5.41, 5.74) is 3.44. The summed E-state index contributed by atoms with van der Waals surface area (Å²) in [6.45, 7) is 7.92. The highest BCUT2D eigenvalue weighted by molar-refractivity contribution is 5.78. The summed E-state index contributed by atoms with van der Waals surface area (Å²) in [6.07, 6.45) is 0.823. The summed E-state index contributed by atoms with van der Waals surface area (Å²) in [7, 11) is 0. The molecule has 0 aliphatic carbocycles. The number of carbonyl (C=O) groups excluding carboxylic acids is 1. The van der Waals surface area contributed by atoms with Crippen LogP contribution in [0.3, 0.4) is 0 Å². The number of esters is 1. The Bertz CT molecular complexity index is 449. The molecule has 1 aromatic carbocycles. The van der Waals surface area contributed by atoms with E-state index in [1.165, 1.54) is 5.56 Å². The van der Waals surface area contributed by atoms with Crippen molar-refractivity contribution < 1.29 is 14.3 Å². The quantitative estimate of drug-likeness (QED) is 0.765. The summed E-state index contributed by atoms with van der Waals surface area (Å²) in [5, 5.41) is 0. The van der Waals surface area contributed by atoms with Crippen LogP contribution in [0.4, 0.5) is 0 Å². The van der Waals surface area contributed by atoms with Gasteiger partial charge in [0.05, 0.1) is 25.7 Å². The summed E-state index contributed by atoms with van der Waals surface area (Å²) < 4.78 is 10.5. The van der Waals surface area contributed by atoms with Crippen molar-refractivity contribution in [3.63, 3.8) is 0 Å². The van der Waals surface area contributed by atoms with Crippen molar-refractivity contribution in [3.8, 4) is 0 Å². The first-order valence-corrected chi connectivity index (χ1v) is 6.93. The van der Waals surface area contributed by atoms with Gasteiger partial charge in [0.1, 0.15) is 0 Å². The van der Waals surface area contributed by atoms with Gasteiger partial charge < -0.3 is 9.47 Å². The fraction of sp³-hybridized carbons (Fsp3) is 0.562. The molecule has 0 bridgehead atoms. The standard InChI is InChI=1S/C16H22O3/c1-4-19-16(17)15(8-13-9-18-10-13)14-7-11(2)5-6-12(14)3/h5-7,13,15H,4,8-10H2,1-3H3. The maximum absolute atomic E-state index is 12.2. The smallest absolute Gasteiger partial charge is 0.313 e. The molecule has 1 aromatic rings. The van der Waals surface area contributed by atoms with Gasteiger partial charge in [0.15, 0.2) is 0 Å². The summed E-state index contributed by atoms with van der Waals surface area (Å²) in [6, 6.07) is 6.26. The molecule has 1 fully saturated rings. The van der Waals surface area contributed by atoms with Crippen molar-refractivity contribution in [1.82, 2.24) is 0 Å². The molecule has 0 amide bonds. The maximum atomic E-state index is 12.2. The molecule has 1 heterocycles. The van der Waals surface area contributed by atoms with Crippen LogP contribution in [0.15, 0.2) is 18.2 Å². The minimum atomic E-state index is -0.159. The first kappa shape index (κ1) is 14.1. The zero-order valence-corrected chi connectivity index (χ0v) is 11.9. The minimum Gasteiger partial charge on any atom is -0.466 e. The van der Waals surface area contributed by atoms with Crippen molar-refractivity contribution in [1.29, 1.82) is 0 Å². The Morgan fingerprint density at radius 3 is 2.74 bits per heavy atom. The van der Waals surface area contributed by atoms with Crippen LogP contribution in [-0.4, -0.2) is 25.8 Å². The second-order valence-corrected chi connectivity index (χ2v) is 5.30. The predicted molar refractivity (Wildman–Crippen MR) is 74.2 cm³/mol. The summed E-state index contributed by atoms with van der Waals surface area (Å²) >= 11 is 0. The molecule has 1 saturated heterocycles. The topological polar surface area (TPSA) is 35.5 Å². The van der Waals surface area contributed by atoms with E-state index in [1.807, 2.05) is 6.92 Å². The zero-order valence-electron chi connectivity index (χ0n) is 11.9. The second kappa shape index (κ2) is 6.20. The van der Waals surface area contributed by atoms with Crippen LogP contribution in [0.5, 0.6) is 0 Å². The van der Waals surface area contributed by atoms with Gasteiger partial charge in [0, 0.05) is 5.92 Å². The van der Waals surface area contributed by atoms with Gasteiger partial charge in [-0.1, -0.05) is 23.8 Å². The number of aryl methyl sites for hydroxylation is 2. The second-order valence-electron chi connectivity index (χ2n) is 5.30. The minimum absolute atomic E-state index is 0.108. The first-order chi connectivity index (χ1) is 9.11. The number of hydrogen-bond acceptors (Lipinski definition) is 3. The van der Waals surface area contributed by atoms with Crippen LogP contribution in [-0.2, 0) is 14.3 Å². The van der Waals surface area contributed by atoms with E-state index in [2.05, 4.69) is 32.0 Å². The van der Waals surface area contributed by atoms with E-state index in [1.54, 1.807) is 0 Å². The Morgan fingerprint density at radius 2 is 2.16 bits per heavy atom. The Balaban J connectivity index is 2.23. The molecule has 1 atom stereocenters. The van der Waals surface area contributed by atoms with Gasteiger partial charge in [0.2, 0.25) is 0 Å². The number of rotatable bonds is 5. The highest BCUT2D eigenvalue weighted by Crippen LogP contribution is 2.31. The van der Waals surface area contributed by atoms with Gasteiger partial charge in [-0.2, -0.15) is 0 Å². The number of ether oxygens (including phenoxy) is 2. The van der Waals surface area contributed by atoms with Crippen molar-refractivity contribution in [3.05, 3.63) is 34.9 Å². The van der Waals surface area contributed by atoms with Gasteiger partial charge >= 0.3 is 5.97 Å². The highest BCUT2D eigenvalue weighted by Gasteiger charge is 2.30. The molecule has 19 heavy (non-hydrogen) atoms. The number of hydrogen-bond donors (Lipinski definition) is 0. The molecule has 2 rings (SSSR count). The SMILES string of the molecule is CCOC(=O)C(CC1COC1)c1cc(C)ccc1C. The summed E-state index contributed by atoms with van der Waals surface area (Å²) in [5.74, 6) is 0.214. The largest absolute Gasteiger partial charge is 0.466 e. The van der Waals surface area contributed by atoms with Crippen molar-refractivity contribution in [2.24, 2.45) is 5.92 Å². The molecular weight excluding hydrogens is 240 g/mol. The lowest BCUT2D eigenvalue weighted by molar-refractivity contribution is -0.146.